The maximum Gasteiger partial charge on any atom is 0.303 e. The van der Waals surface area contributed by atoms with Gasteiger partial charge in [-0.05, 0) is 29.7 Å². The number of carboxylic acids is 1. The molecule has 3 nitrogen and oxygen atoms in total. The third-order valence-electron chi connectivity index (χ3n) is 2.20. The van der Waals surface area contributed by atoms with Crippen molar-refractivity contribution in [2.75, 3.05) is 5.75 Å². The van der Waals surface area contributed by atoms with Gasteiger partial charge >= 0.3 is 5.97 Å². The van der Waals surface area contributed by atoms with Crippen molar-refractivity contribution in [2.24, 2.45) is 0 Å². The average Bonchev–Trinajstić information content (AvgIpc) is 2.24. The Morgan fingerprint density at radius 1 is 1.50 bits per heavy atom. The number of rotatable bonds is 6. The van der Waals surface area contributed by atoms with E-state index in [1.54, 1.807) is 11.8 Å². The molecule has 0 aliphatic carbocycles. The van der Waals surface area contributed by atoms with Gasteiger partial charge in [-0.2, -0.15) is 0 Å². The molecular weight excluding hydrogens is 222 g/mol. The highest BCUT2D eigenvalue weighted by Gasteiger charge is 2.02. The standard InChI is InChI=1S/C12H17NO2S/c1-9(2)10-6-11(8-13-7-10)16-5-3-4-12(14)15/h6-9H,3-5H2,1-2H3,(H,14,15). The van der Waals surface area contributed by atoms with E-state index in [1.807, 2.05) is 12.4 Å². The molecule has 0 radical (unpaired) electrons. The molecule has 0 spiro atoms. The van der Waals surface area contributed by atoms with Gasteiger partial charge in [-0.3, -0.25) is 9.78 Å². The fourth-order valence-corrected chi connectivity index (χ4v) is 2.12. The Bertz CT molecular complexity index is 353. The number of nitrogens with zero attached hydrogens (tertiary/aromatic N) is 1. The van der Waals surface area contributed by atoms with E-state index in [-0.39, 0.29) is 6.42 Å². The first kappa shape index (κ1) is 13.0. The quantitative estimate of drug-likeness (QED) is 0.612. The van der Waals surface area contributed by atoms with E-state index < -0.39 is 5.97 Å². The van der Waals surface area contributed by atoms with E-state index in [1.165, 1.54) is 5.56 Å². The second kappa shape index (κ2) is 6.53. The van der Waals surface area contributed by atoms with E-state index in [2.05, 4.69) is 24.9 Å². The van der Waals surface area contributed by atoms with Gasteiger partial charge in [0.1, 0.15) is 0 Å². The van der Waals surface area contributed by atoms with Crippen LogP contribution in [0.5, 0.6) is 0 Å². The maximum absolute atomic E-state index is 10.3. The van der Waals surface area contributed by atoms with E-state index >= 15 is 0 Å². The first-order chi connectivity index (χ1) is 7.59. The summed E-state index contributed by atoms with van der Waals surface area (Å²) in [5, 5.41) is 8.51. The summed E-state index contributed by atoms with van der Waals surface area (Å²) in [6.45, 7) is 4.27. The van der Waals surface area contributed by atoms with Crippen molar-refractivity contribution in [3.63, 3.8) is 0 Å². The lowest BCUT2D eigenvalue weighted by Gasteiger charge is -2.06. The fraction of sp³-hybridized carbons (Fsp3) is 0.500. The molecule has 0 saturated heterocycles. The largest absolute Gasteiger partial charge is 0.481 e. The number of hydrogen-bond donors (Lipinski definition) is 1. The van der Waals surface area contributed by atoms with Crippen molar-refractivity contribution in [3.05, 3.63) is 24.0 Å². The Hall–Kier alpha value is -1.03. The lowest BCUT2D eigenvalue weighted by Crippen LogP contribution is -1.95. The van der Waals surface area contributed by atoms with E-state index in [4.69, 9.17) is 5.11 Å². The van der Waals surface area contributed by atoms with Crippen LogP contribution in [0.3, 0.4) is 0 Å². The molecule has 0 aliphatic rings. The summed E-state index contributed by atoms with van der Waals surface area (Å²) in [5.74, 6) is 0.580. The van der Waals surface area contributed by atoms with Crippen molar-refractivity contribution >= 4 is 17.7 Å². The third-order valence-corrected chi connectivity index (χ3v) is 3.25. The van der Waals surface area contributed by atoms with Crippen molar-refractivity contribution in [2.45, 2.75) is 37.5 Å². The minimum atomic E-state index is -0.727. The van der Waals surface area contributed by atoms with Crippen LogP contribution in [0.2, 0.25) is 0 Å². The number of pyridine rings is 1. The van der Waals surface area contributed by atoms with Gasteiger partial charge < -0.3 is 5.11 Å². The number of carboxylic acid groups (broad SMARTS) is 1. The topological polar surface area (TPSA) is 50.2 Å². The predicted octanol–water partition coefficient (Wildman–Crippen LogP) is 3.16. The lowest BCUT2D eigenvalue weighted by atomic mass is 10.1. The van der Waals surface area contributed by atoms with Gasteiger partial charge in [0.25, 0.3) is 0 Å². The summed E-state index contributed by atoms with van der Waals surface area (Å²) in [4.78, 5) is 15.6. The highest BCUT2D eigenvalue weighted by atomic mass is 32.2. The number of hydrogen-bond acceptors (Lipinski definition) is 3. The van der Waals surface area contributed by atoms with Gasteiger partial charge in [0, 0.05) is 23.7 Å². The van der Waals surface area contributed by atoms with Crippen molar-refractivity contribution in [3.8, 4) is 0 Å². The Balaban J connectivity index is 2.42. The zero-order chi connectivity index (χ0) is 12.0. The van der Waals surface area contributed by atoms with Crippen LogP contribution >= 0.6 is 11.8 Å². The molecule has 88 valence electrons. The smallest absolute Gasteiger partial charge is 0.303 e. The van der Waals surface area contributed by atoms with Crippen LogP contribution in [0.4, 0.5) is 0 Å². The summed E-state index contributed by atoms with van der Waals surface area (Å²) < 4.78 is 0. The summed E-state index contributed by atoms with van der Waals surface area (Å²) in [6, 6.07) is 2.13. The van der Waals surface area contributed by atoms with E-state index in [0.717, 1.165) is 10.6 Å². The molecule has 1 aromatic heterocycles. The second-order valence-corrected chi connectivity index (χ2v) is 5.12. The molecular formula is C12H17NO2S. The number of thioether (sulfide) groups is 1. The number of aliphatic carboxylic acids is 1. The SMILES string of the molecule is CC(C)c1cncc(SCCCC(=O)O)c1. The summed E-state index contributed by atoms with van der Waals surface area (Å²) in [7, 11) is 0. The monoisotopic (exact) mass is 239 g/mol. The lowest BCUT2D eigenvalue weighted by molar-refractivity contribution is -0.137. The second-order valence-electron chi connectivity index (χ2n) is 3.95. The molecule has 1 aromatic rings. The molecule has 0 fully saturated rings. The van der Waals surface area contributed by atoms with Gasteiger partial charge in [-0.25, -0.2) is 0 Å². The Kier molecular flexibility index (Phi) is 5.32. The third kappa shape index (κ3) is 4.66. The molecule has 1 rings (SSSR count). The highest BCUT2D eigenvalue weighted by molar-refractivity contribution is 7.99. The summed E-state index contributed by atoms with van der Waals surface area (Å²) in [6.07, 6.45) is 4.65. The van der Waals surface area contributed by atoms with Crippen LogP contribution in [0.25, 0.3) is 0 Å². The van der Waals surface area contributed by atoms with E-state index in [0.29, 0.717) is 12.3 Å². The van der Waals surface area contributed by atoms with Crippen LogP contribution in [0.15, 0.2) is 23.4 Å². The zero-order valence-corrected chi connectivity index (χ0v) is 10.5. The van der Waals surface area contributed by atoms with E-state index in [9.17, 15) is 4.79 Å². The van der Waals surface area contributed by atoms with Gasteiger partial charge in [-0.15, -0.1) is 11.8 Å². The van der Waals surface area contributed by atoms with Crippen LogP contribution in [0.1, 0.15) is 38.2 Å². The zero-order valence-electron chi connectivity index (χ0n) is 9.64. The van der Waals surface area contributed by atoms with Crippen LogP contribution in [-0.2, 0) is 4.79 Å². The van der Waals surface area contributed by atoms with Crippen LogP contribution in [0, 0.1) is 0 Å². The highest BCUT2D eigenvalue weighted by Crippen LogP contribution is 2.22. The molecule has 0 aromatic carbocycles. The van der Waals surface area contributed by atoms with Gasteiger partial charge in [0.2, 0.25) is 0 Å². The molecule has 1 heterocycles. The molecule has 4 heteroatoms. The normalized spacial score (nSPS) is 10.7. The van der Waals surface area contributed by atoms with Crippen molar-refractivity contribution < 1.29 is 9.90 Å². The molecule has 0 bridgehead atoms. The molecule has 0 saturated carbocycles. The van der Waals surface area contributed by atoms with Crippen LogP contribution in [-0.4, -0.2) is 21.8 Å². The molecule has 16 heavy (non-hydrogen) atoms. The number of carbonyl (C=O) groups is 1. The number of aromatic nitrogens is 1. The van der Waals surface area contributed by atoms with Gasteiger partial charge in [0.15, 0.2) is 0 Å². The molecule has 0 aliphatic heterocycles. The molecule has 0 amide bonds. The average molecular weight is 239 g/mol. The maximum atomic E-state index is 10.3. The fourth-order valence-electron chi connectivity index (χ4n) is 1.24. The van der Waals surface area contributed by atoms with Crippen molar-refractivity contribution in [1.29, 1.82) is 0 Å². The minimum absolute atomic E-state index is 0.240. The molecule has 1 N–H and O–H groups in total. The van der Waals surface area contributed by atoms with Crippen LogP contribution < -0.4 is 0 Å². The Morgan fingerprint density at radius 2 is 2.25 bits per heavy atom. The first-order valence-corrected chi connectivity index (χ1v) is 6.37. The van der Waals surface area contributed by atoms with Gasteiger partial charge in [0.05, 0.1) is 0 Å². The van der Waals surface area contributed by atoms with Gasteiger partial charge in [-0.1, -0.05) is 13.8 Å². The Labute approximate surface area is 100 Å². The summed E-state index contributed by atoms with van der Waals surface area (Å²) >= 11 is 1.67. The van der Waals surface area contributed by atoms with Crippen molar-refractivity contribution in [1.82, 2.24) is 4.98 Å². The molecule has 0 unspecified atom stereocenters. The predicted molar refractivity (Wildman–Crippen MR) is 65.9 cm³/mol. The first-order valence-electron chi connectivity index (χ1n) is 5.39. The molecule has 0 atom stereocenters. The minimum Gasteiger partial charge on any atom is -0.481 e. The Morgan fingerprint density at radius 3 is 2.88 bits per heavy atom. The summed E-state index contributed by atoms with van der Waals surface area (Å²) in [5.41, 5.74) is 1.23.